The SMILES string of the molecule is Cc1ccc(N2CC(C)(C)c3nc(C(=O)N4CCCCC4)ccc32)cc1F. The van der Waals surface area contributed by atoms with Crippen molar-refractivity contribution in [2.75, 3.05) is 24.5 Å². The maximum absolute atomic E-state index is 14.1. The molecular weight excluding hydrogens is 341 g/mol. The lowest BCUT2D eigenvalue weighted by molar-refractivity contribution is 0.0718. The molecule has 2 aromatic rings. The minimum Gasteiger partial charge on any atom is -0.339 e. The molecule has 142 valence electrons. The van der Waals surface area contributed by atoms with Gasteiger partial charge in [-0.25, -0.2) is 9.37 Å². The molecular formula is C22H26FN3O. The van der Waals surface area contributed by atoms with Crippen molar-refractivity contribution >= 4 is 17.3 Å². The van der Waals surface area contributed by atoms with E-state index in [0.29, 0.717) is 17.8 Å². The fourth-order valence-corrected chi connectivity index (χ4v) is 4.08. The normalized spacial score (nSPS) is 18.5. The summed E-state index contributed by atoms with van der Waals surface area (Å²) < 4.78 is 14.1. The predicted octanol–water partition coefficient (Wildman–Crippen LogP) is 4.58. The minimum atomic E-state index is -0.213. The van der Waals surface area contributed by atoms with Gasteiger partial charge in [-0.1, -0.05) is 19.9 Å². The summed E-state index contributed by atoms with van der Waals surface area (Å²) in [6, 6.07) is 9.10. The second kappa shape index (κ2) is 6.63. The lowest BCUT2D eigenvalue weighted by Crippen LogP contribution is -2.36. The summed E-state index contributed by atoms with van der Waals surface area (Å²) in [4.78, 5) is 21.6. The summed E-state index contributed by atoms with van der Waals surface area (Å²) in [6.07, 6.45) is 3.32. The van der Waals surface area contributed by atoms with E-state index < -0.39 is 0 Å². The maximum atomic E-state index is 14.1. The molecule has 0 aliphatic carbocycles. The maximum Gasteiger partial charge on any atom is 0.272 e. The molecule has 27 heavy (non-hydrogen) atoms. The molecule has 4 nitrogen and oxygen atoms in total. The molecule has 2 aliphatic heterocycles. The Morgan fingerprint density at radius 2 is 1.85 bits per heavy atom. The molecule has 1 saturated heterocycles. The molecule has 0 N–H and O–H groups in total. The van der Waals surface area contributed by atoms with E-state index in [9.17, 15) is 9.18 Å². The first-order chi connectivity index (χ1) is 12.9. The van der Waals surface area contributed by atoms with Crippen LogP contribution in [0.2, 0.25) is 0 Å². The average Bonchev–Trinajstić information content (AvgIpc) is 2.95. The quantitative estimate of drug-likeness (QED) is 0.779. The standard InChI is InChI=1S/C22H26FN3O/c1-15-7-8-16(13-17(15)23)26-14-22(2,3)20-19(26)10-9-18(24-20)21(27)25-11-5-4-6-12-25/h7-10,13H,4-6,11-12,14H2,1-3H3. The van der Waals surface area contributed by atoms with E-state index in [-0.39, 0.29) is 17.1 Å². The summed E-state index contributed by atoms with van der Waals surface area (Å²) in [5.74, 6) is -0.184. The highest BCUT2D eigenvalue weighted by atomic mass is 19.1. The van der Waals surface area contributed by atoms with Crippen LogP contribution in [-0.2, 0) is 5.41 Å². The zero-order valence-electron chi connectivity index (χ0n) is 16.3. The highest BCUT2D eigenvalue weighted by Gasteiger charge is 2.38. The molecule has 0 spiro atoms. The molecule has 0 atom stereocenters. The van der Waals surface area contributed by atoms with Crippen molar-refractivity contribution in [1.29, 1.82) is 0 Å². The molecule has 5 heteroatoms. The van der Waals surface area contributed by atoms with Gasteiger partial charge in [0.05, 0.1) is 11.4 Å². The Morgan fingerprint density at radius 3 is 2.56 bits per heavy atom. The first-order valence-corrected chi connectivity index (χ1v) is 9.71. The molecule has 1 amide bonds. The number of rotatable bonds is 2. The number of halogens is 1. The molecule has 3 heterocycles. The third-order valence-corrected chi connectivity index (χ3v) is 5.69. The van der Waals surface area contributed by atoms with E-state index >= 15 is 0 Å². The molecule has 1 aromatic carbocycles. The molecule has 2 aliphatic rings. The smallest absolute Gasteiger partial charge is 0.272 e. The molecule has 0 bridgehead atoms. The molecule has 4 rings (SSSR count). The highest BCUT2D eigenvalue weighted by molar-refractivity contribution is 5.93. The number of likely N-dealkylation sites (tertiary alicyclic amines) is 1. The fourth-order valence-electron chi connectivity index (χ4n) is 4.08. The summed E-state index contributed by atoms with van der Waals surface area (Å²) in [5.41, 5.74) is 3.62. The van der Waals surface area contributed by atoms with Gasteiger partial charge in [-0.3, -0.25) is 4.79 Å². The van der Waals surface area contributed by atoms with E-state index in [1.807, 2.05) is 23.1 Å². The number of piperidine rings is 1. The average molecular weight is 367 g/mol. The number of pyridine rings is 1. The Kier molecular flexibility index (Phi) is 4.41. The van der Waals surface area contributed by atoms with Gasteiger partial charge in [-0.2, -0.15) is 0 Å². The summed E-state index contributed by atoms with van der Waals surface area (Å²) in [7, 11) is 0. The number of nitrogens with zero attached hydrogens (tertiary/aromatic N) is 3. The zero-order chi connectivity index (χ0) is 19.2. The van der Waals surface area contributed by atoms with E-state index in [0.717, 1.165) is 43.0 Å². The predicted molar refractivity (Wildman–Crippen MR) is 105 cm³/mol. The number of aromatic nitrogens is 1. The largest absolute Gasteiger partial charge is 0.339 e. The highest BCUT2D eigenvalue weighted by Crippen LogP contribution is 2.43. The van der Waals surface area contributed by atoms with Crippen molar-refractivity contribution in [1.82, 2.24) is 9.88 Å². The van der Waals surface area contributed by atoms with Crippen LogP contribution in [0.3, 0.4) is 0 Å². The van der Waals surface area contributed by atoms with Crippen LogP contribution in [-0.4, -0.2) is 35.4 Å². The molecule has 0 saturated carbocycles. The van der Waals surface area contributed by atoms with E-state index in [1.165, 1.54) is 6.42 Å². The van der Waals surface area contributed by atoms with Crippen molar-refractivity contribution < 1.29 is 9.18 Å². The van der Waals surface area contributed by atoms with Gasteiger partial charge in [0, 0.05) is 30.7 Å². The van der Waals surface area contributed by atoms with E-state index in [4.69, 9.17) is 4.98 Å². The van der Waals surface area contributed by atoms with Crippen LogP contribution in [0.4, 0.5) is 15.8 Å². The van der Waals surface area contributed by atoms with Gasteiger partial charge in [0.1, 0.15) is 11.5 Å². The Labute approximate surface area is 160 Å². The van der Waals surface area contributed by atoms with Gasteiger partial charge in [-0.15, -0.1) is 0 Å². The van der Waals surface area contributed by atoms with Crippen LogP contribution in [0.5, 0.6) is 0 Å². The lowest BCUT2D eigenvalue weighted by atomic mass is 9.91. The van der Waals surface area contributed by atoms with Gasteiger partial charge >= 0.3 is 0 Å². The van der Waals surface area contributed by atoms with Crippen molar-refractivity contribution in [2.45, 2.75) is 45.4 Å². The summed E-state index contributed by atoms with van der Waals surface area (Å²) in [5, 5.41) is 0. The lowest BCUT2D eigenvalue weighted by Gasteiger charge is -2.26. The van der Waals surface area contributed by atoms with Crippen LogP contribution >= 0.6 is 0 Å². The fraction of sp³-hybridized carbons (Fsp3) is 0.455. The first kappa shape index (κ1) is 18.0. The van der Waals surface area contributed by atoms with Crippen LogP contribution in [0, 0.1) is 12.7 Å². The van der Waals surface area contributed by atoms with Gasteiger partial charge in [0.15, 0.2) is 0 Å². The number of anilines is 2. The topological polar surface area (TPSA) is 36.4 Å². The number of hydrogen-bond donors (Lipinski definition) is 0. The van der Waals surface area contributed by atoms with Gasteiger partial charge < -0.3 is 9.80 Å². The summed E-state index contributed by atoms with van der Waals surface area (Å²) in [6.45, 7) is 8.35. The van der Waals surface area contributed by atoms with E-state index in [1.54, 1.807) is 19.1 Å². The van der Waals surface area contributed by atoms with Crippen molar-refractivity contribution in [3.05, 3.63) is 53.1 Å². The second-order valence-electron chi connectivity index (χ2n) is 8.32. The third-order valence-electron chi connectivity index (χ3n) is 5.69. The zero-order valence-corrected chi connectivity index (χ0v) is 16.3. The molecule has 1 aromatic heterocycles. The Bertz CT molecular complexity index is 887. The third kappa shape index (κ3) is 3.20. The number of fused-ring (bicyclic) bond motifs is 1. The minimum absolute atomic E-state index is 0.0214. The van der Waals surface area contributed by atoms with Crippen LogP contribution in [0.25, 0.3) is 0 Å². The monoisotopic (exact) mass is 367 g/mol. The second-order valence-corrected chi connectivity index (χ2v) is 8.32. The molecule has 0 unspecified atom stereocenters. The van der Waals surface area contributed by atoms with Crippen molar-refractivity contribution in [3.63, 3.8) is 0 Å². The van der Waals surface area contributed by atoms with Crippen LogP contribution in [0.1, 0.15) is 54.9 Å². The number of aryl methyl sites for hydroxylation is 1. The van der Waals surface area contributed by atoms with Crippen molar-refractivity contribution in [3.8, 4) is 0 Å². The number of carbonyl (C=O) groups is 1. The van der Waals surface area contributed by atoms with Crippen LogP contribution < -0.4 is 4.90 Å². The molecule has 1 fully saturated rings. The first-order valence-electron chi connectivity index (χ1n) is 9.71. The Hall–Kier alpha value is -2.43. The van der Waals surface area contributed by atoms with E-state index in [2.05, 4.69) is 18.7 Å². The van der Waals surface area contributed by atoms with Gasteiger partial charge in [-0.05, 0) is 56.0 Å². The Morgan fingerprint density at radius 1 is 1.11 bits per heavy atom. The number of carbonyl (C=O) groups excluding carboxylic acids is 1. The summed E-state index contributed by atoms with van der Waals surface area (Å²) >= 11 is 0. The Balaban J connectivity index is 1.69. The van der Waals surface area contributed by atoms with Gasteiger partial charge in [0.2, 0.25) is 0 Å². The van der Waals surface area contributed by atoms with Crippen LogP contribution in [0.15, 0.2) is 30.3 Å². The molecule has 0 radical (unpaired) electrons. The van der Waals surface area contributed by atoms with Crippen molar-refractivity contribution in [2.24, 2.45) is 0 Å². The number of hydrogen-bond acceptors (Lipinski definition) is 3. The van der Waals surface area contributed by atoms with Gasteiger partial charge in [0.25, 0.3) is 5.91 Å². The number of amides is 1. The number of benzene rings is 1.